The standard InChI is InChI=1S/C15H21N3O2/c1-17(2)15(20)9-16-14(19)11-18-8-7-12-5-3-4-6-13(12)10-18/h3-6H,7-11H2,1-2H3,(H,16,19). The molecule has 0 atom stereocenters. The van der Waals surface area contributed by atoms with E-state index < -0.39 is 0 Å². The highest BCUT2D eigenvalue weighted by atomic mass is 16.2. The van der Waals surface area contributed by atoms with Gasteiger partial charge in [-0.15, -0.1) is 0 Å². The van der Waals surface area contributed by atoms with E-state index in [-0.39, 0.29) is 18.4 Å². The Labute approximate surface area is 119 Å². The Morgan fingerprint density at radius 2 is 1.95 bits per heavy atom. The second kappa shape index (κ2) is 6.52. The van der Waals surface area contributed by atoms with E-state index in [1.165, 1.54) is 16.0 Å². The summed E-state index contributed by atoms with van der Waals surface area (Å²) in [5, 5.41) is 2.66. The number of fused-ring (bicyclic) bond motifs is 1. The molecule has 5 heteroatoms. The summed E-state index contributed by atoms with van der Waals surface area (Å²) in [4.78, 5) is 26.8. The number of rotatable bonds is 4. The van der Waals surface area contributed by atoms with Crippen molar-refractivity contribution in [3.63, 3.8) is 0 Å². The zero-order valence-corrected chi connectivity index (χ0v) is 12.1. The molecule has 0 aromatic heterocycles. The molecular weight excluding hydrogens is 254 g/mol. The van der Waals surface area contributed by atoms with Gasteiger partial charge in [-0.05, 0) is 17.5 Å². The molecule has 1 aromatic rings. The number of benzene rings is 1. The highest BCUT2D eigenvalue weighted by molar-refractivity contribution is 5.85. The van der Waals surface area contributed by atoms with Gasteiger partial charge in [-0.2, -0.15) is 0 Å². The highest BCUT2D eigenvalue weighted by Gasteiger charge is 2.18. The SMILES string of the molecule is CN(C)C(=O)CNC(=O)CN1CCc2ccccc2C1. The minimum atomic E-state index is -0.0976. The highest BCUT2D eigenvalue weighted by Crippen LogP contribution is 2.17. The molecule has 0 saturated carbocycles. The number of carbonyl (C=O) groups is 2. The van der Waals surface area contributed by atoms with Gasteiger partial charge in [0.05, 0.1) is 13.1 Å². The molecule has 0 unspecified atom stereocenters. The summed E-state index contributed by atoms with van der Waals surface area (Å²) in [5.74, 6) is -0.193. The first-order chi connectivity index (χ1) is 9.56. The lowest BCUT2D eigenvalue weighted by molar-refractivity contribution is -0.131. The van der Waals surface area contributed by atoms with E-state index in [1.54, 1.807) is 14.1 Å². The van der Waals surface area contributed by atoms with E-state index in [0.717, 1.165) is 19.5 Å². The third-order valence-corrected chi connectivity index (χ3v) is 3.51. The maximum absolute atomic E-state index is 11.8. The Kier molecular flexibility index (Phi) is 4.74. The number of hydrogen-bond acceptors (Lipinski definition) is 3. The van der Waals surface area contributed by atoms with Crippen molar-refractivity contribution in [1.82, 2.24) is 15.1 Å². The molecule has 0 saturated heterocycles. The topological polar surface area (TPSA) is 52.7 Å². The van der Waals surface area contributed by atoms with E-state index in [0.29, 0.717) is 6.54 Å². The van der Waals surface area contributed by atoms with Crippen molar-refractivity contribution in [2.45, 2.75) is 13.0 Å². The Balaban J connectivity index is 1.80. The lowest BCUT2D eigenvalue weighted by atomic mass is 10.00. The van der Waals surface area contributed by atoms with Crippen molar-refractivity contribution in [2.75, 3.05) is 33.7 Å². The molecule has 1 heterocycles. The van der Waals surface area contributed by atoms with Crippen LogP contribution in [0.4, 0.5) is 0 Å². The fourth-order valence-corrected chi connectivity index (χ4v) is 2.28. The summed E-state index contributed by atoms with van der Waals surface area (Å²) in [6, 6.07) is 8.32. The molecule has 108 valence electrons. The van der Waals surface area contributed by atoms with E-state index in [4.69, 9.17) is 0 Å². The van der Waals surface area contributed by atoms with Gasteiger partial charge in [0, 0.05) is 27.2 Å². The van der Waals surface area contributed by atoms with Crippen LogP contribution in [0, 0.1) is 0 Å². The number of nitrogens with zero attached hydrogens (tertiary/aromatic N) is 2. The summed E-state index contributed by atoms with van der Waals surface area (Å²) in [7, 11) is 3.35. The van der Waals surface area contributed by atoms with E-state index in [1.807, 2.05) is 12.1 Å². The third-order valence-electron chi connectivity index (χ3n) is 3.51. The molecule has 1 aliphatic rings. The second-order valence-electron chi connectivity index (χ2n) is 5.29. The molecular formula is C15H21N3O2. The minimum absolute atomic E-state index is 0.0657. The predicted molar refractivity (Wildman–Crippen MR) is 77.1 cm³/mol. The van der Waals surface area contributed by atoms with Crippen molar-refractivity contribution in [3.8, 4) is 0 Å². The average Bonchev–Trinajstić information content (AvgIpc) is 2.44. The molecule has 1 aliphatic heterocycles. The van der Waals surface area contributed by atoms with Gasteiger partial charge in [0.1, 0.15) is 0 Å². The van der Waals surface area contributed by atoms with Crippen molar-refractivity contribution < 1.29 is 9.59 Å². The molecule has 1 N–H and O–H groups in total. The Morgan fingerprint density at radius 3 is 2.65 bits per heavy atom. The summed E-state index contributed by atoms with van der Waals surface area (Å²) in [5.41, 5.74) is 2.66. The van der Waals surface area contributed by atoms with Crippen molar-refractivity contribution in [3.05, 3.63) is 35.4 Å². The van der Waals surface area contributed by atoms with Crippen LogP contribution in [0.25, 0.3) is 0 Å². The molecule has 0 spiro atoms. The fraction of sp³-hybridized carbons (Fsp3) is 0.467. The molecule has 0 aliphatic carbocycles. The van der Waals surface area contributed by atoms with Gasteiger partial charge in [0.15, 0.2) is 0 Å². The second-order valence-corrected chi connectivity index (χ2v) is 5.29. The monoisotopic (exact) mass is 275 g/mol. The van der Waals surface area contributed by atoms with Crippen LogP contribution in [0.5, 0.6) is 0 Å². The summed E-state index contributed by atoms with van der Waals surface area (Å²) < 4.78 is 0. The molecule has 20 heavy (non-hydrogen) atoms. The Morgan fingerprint density at radius 1 is 1.25 bits per heavy atom. The lowest BCUT2D eigenvalue weighted by Crippen LogP contribution is -2.43. The molecule has 1 aromatic carbocycles. The average molecular weight is 275 g/mol. The number of amides is 2. The molecule has 5 nitrogen and oxygen atoms in total. The number of nitrogens with one attached hydrogen (secondary N) is 1. The first kappa shape index (κ1) is 14.5. The van der Waals surface area contributed by atoms with Crippen LogP contribution >= 0.6 is 0 Å². The van der Waals surface area contributed by atoms with Crippen molar-refractivity contribution in [1.29, 1.82) is 0 Å². The molecule has 0 radical (unpaired) electrons. The fourth-order valence-electron chi connectivity index (χ4n) is 2.28. The quantitative estimate of drug-likeness (QED) is 0.857. The predicted octanol–water partition coefficient (Wildman–Crippen LogP) is 0.249. The maximum atomic E-state index is 11.8. The van der Waals surface area contributed by atoms with Crippen LogP contribution in [0.1, 0.15) is 11.1 Å². The van der Waals surface area contributed by atoms with Gasteiger partial charge >= 0.3 is 0 Å². The molecule has 0 bridgehead atoms. The zero-order chi connectivity index (χ0) is 14.5. The van der Waals surface area contributed by atoms with Gasteiger partial charge in [-0.1, -0.05) is 24.3 Å². The van der Waals surface area contributed by atoms with Crippen LogP contribution in [0.2, 0.25) is 0 Å². The summed E-state index contributed by atoms with van der Waals surface area (Å²) in [6.07, 6.45) is 0.972. The van der Waals surface area contributed by atoms with Crippen LogP contribution in [-0.4, -0.2) is 55.3 Å². The summed E-state index contributed by atoms with van der Waals surface area (Å²) >= 11 is 0. The smallest absolute Gasteiger partial charge is 0.241 e. The first-order valence-corrected chi connectivity index (χ1v) is 6.82. The van der Waals surface area contributed by atoms with Gasteiger partial charge in [0.2, 0.25) is 11.8 Å². The third kappa shape index (κ3) is 3.81. The van der Waals surface area contributed by atoms with Crippen LogP contribution in [0.3, 0.4) is 0 Å². The van der Waals surface area contributed by atoms with Gasteiger partial charge in [-0.25, -0.2) is 0 Å². The Hall–Kier alpha value is -1.88. The van der Waals surface area contributed by atoms with Crippen LogP contribution in [-0.2, 0) is 22.6 Å². The minimum Gasteiger partial charge on any atom is -0.347 e. The van der Waals surface area contributed by atoms with Crippen LogP contribution in [0.15, 0.2) is 24.3 Å². The van der Waals surface area contributed by atoms with E-state index >= 15 is 0 Å². The van der Waals surface area contributed by atoms with Crippen molar-refractivity contribution >= 4 is 11.8 Å². The van der Waals surface area contributed by atoms with Crippen LogP contribution < -0.4 is 5.32 Å². The van der Waals surface area contributed by atoms with Gasteiger partial charge < -0.3 is 10.2 Å². The van der Waals surface area contributed by atoms with Gasteiger partial charge in [-0.3, -0.25) is 14.5 Å². The molecule has 2 amide bonds. The zero-order valence-electron chi connectivity index (χ0n) is 12.1. The normalized spacial score (nSPS) is 14.5. The summed E-state index contributed by atoms with van der Waals surface area (Å²) in [6.45, 7) is 2.09. The Bertz CT molecular complexity index is 500. The number of carbonyl (C=O) groups excluding carboxylic acids is 2. The largest absolute Gasteiger partial charge is 0.347 e. The lowest BCUT2D eigenvalue weighted by Gasteiger charge is -2.28. The molecule has 2 rings (SSSR count). The maximum Gasteiger partial charge on any atom is 0.241 e. The number of likely N-dealkylation sites (N-methyl/N-ethyl adjacent to an activating group) is 1. The van der Waals surface area contributed by atoms with Gasteiger partial charge in [0.25, 0.3) is 0 Å². The van der Waals surface area contributed by atoms with Crippen molar-refractivity contribution in [2.24, 2.45) is 0 Å². The van der Waals surface area contributed by atoms with E-state index in [9.17, 15) is 9.59 Å². The molecule has 0 fully saturated rings. The number of hydrogen-bond donors (Lipinski definition) is 1. The van der Waals surface area contributed by atoms with E-state index in [2.05, 4.69) is 22.3 Å². The first-order valence-electron chi connectivity index (χ1n) is 6.82.